The van der Waals surface area contributed by atoms with Gasteiger partial charge < -0.3 is 9.88 Å². The average molecular weight is 331 g/mol. The zero-order valence-electron chi connectivity index (χ0n) is 12.1. The molecule has 22 heavy (non-hydrogen) atoms. The predicted octanol–water partition coefficient (Wildman–Crippen LogP) is 4.76. The van der Waals surface area contributed by atoms with E-state index in [1.54, 1.807) is 0 Å². The third-order valence-corrected chi connectivity index (χ3v) is 4.86. The number of hydrogen-bond donors (Lipinski definition) is 1. The Balaban J connectivity index is 2.02. The molecule has 2 aromatic carbocycles. The van der Waals surface area contributed by atoms with E-state index < -0.39 is 0 Å². The smallest absolute Gasteiger partial charge is 0.0563 e. The zero-order valence-corrected chi connectivity index (χ0v) is 13.6. The summed E-state index contributed by atoms with van der Waals surface area (Å²) in [6.07, 6.45) is 1.05. The van der Waals surface area contributed by atoms with Crippen LogP contribution in [-0.4, -0.2) is 17.7 Å². The SMILES string of the molecule is Clc1ccc(Cl)c(-c2cccc3cc4n(c23)CCNCC4)c1. The highest BCUT2D eigenvalue weighted by molar-refractivity contribution is 6.35. The van der Waals surface area contributed by atoms with E-state index in [0.29, 0.717) is 5.02 Å². The van der Waals surface area contributed by atoms with Crippen LogP contribution >= 0.6 is 23.2 Å². The molecule has 2 nitrogen and oxygen atoms in total. The summed E-state index contributed by atoms with van der Waals surface area (Å²) in [5.41, 5.74) is 4.78. The lowest BCUT2D eigenvalue weighted by Crippen LogP contribution is -2.17. The molecule has 1 aromatic heterocycles. The minimum atomic E-state index is 0.709. The molecule has 1 N–H and O–H groups in total. The molecule has 3 aromatic rings. The standard InChI is InChI=1S/C18H16Cl2N2/c19-13-4-5-17(20)16(11-13)15-3-1-2-12-10-14-6-7-21-8-9-22(14)18(12)15/h1-5,10-11,21H,6-9H2. The summed E-state index contributed by atoms with van der Waals surface area (Å²) in [6.45, 7) is 3.01. The van der Waals surface area contributed by atoms with E-state index in [2.05, 4.69) is 34.1 Å². The fraction of sp³-hybridized carbons (Fsp3) is 0.222. The molecule has 0 aliphatic carbocycles. The normalized spacial score (nSPS) is 14.8. The molecule has 1 aliphatic rings. The van der Waals surface area contributed by atoms with Crippen LogP contribution in [-0.2, 0) is 13.0 Å². The molecule has 1 aliphatic heterocycles. The lowest BCUT2D eigenvalue weighted by atomic mass is 10.0. The molecule has 0 bridgehead atoms. The van der Waals surface area contributed by atoms with Crippen molar-refractivity contribution < 1.29 is 0 Å². The van der Waals surface area contributed by atoms with Crippen LogP contribution in [0.2, 0.25) is 10.0 Å². The Bertz CT molecular complexity index is 852. The van der Waals surface area contributed by atoms with Crippen molar-refractivity contribution in [2.24, 2.45) is 0 Å². The van der Waals surface area contributed by atoms with E-state index >= 15 is 0 Å². The van der Waals surface area contributed by atoms with Crippen LogP contribution in [0.15, 0.2) is 42.5 Å². The molecule has 0 atom stereocenters. The molecule has 4 rings (SSSR count). The summed E-state index contributed by atoms with van der Waals surface area (Å²) in [7, 11) is 0. The fourth-order valence-electron chi connectivity index (χ4n) is 3.30. The number of para-hydroxylation sites is 1. The van der Waals surface area contributed by atoms with E-state index in [9.17, 15) is 0 Å². The topological polar surface area (TPSA) is 17.0 Å². The Morgan fingerprint density at radius 3 is 2.77 bits per heavy atom. The molecule has 4 heteroatoms. The molecule has 2 heterocycles. The first-order valence-electron chi connectivity index (χ1n) is 7.51. The number of nitrogens with one attached hydrogen (secondary N) is 1. The van der Waals surface area contributed by atoms with Crippen molar-refractivity contribution in [2.45, 2.75) is 13.0 Å². The molecular weight excluding hydrogens is 315 g/mol. The van der Waals surface area contributed by atoms with Crippen LogP contribution in [0.4, 0.5) is 0 Å². The lowest BCUT2D eigenvalue weighted by molar-refractivity contribution is 0.658. The zero-order chi connectivity index (χ0) is 15.1. The minimum absolute atomic E-state index is 0.709. The van der Waals surface area contributed by atoms with Crippen molar-refractivity contribution in [3.63, 3.8) is 0 Å². The number of nitrogens with zero attached hydrogens (tertiary/aromatic N) is 1. The molecule has 0 spiro atoms. The number of rotatable bonds is 1. The summed E-state index contributed by atoms with van der Waals surface area (Å²) in [5, 5.41) is 6.17. The number of aromatic nitrogens is 1. The number of benzene rings is 2. The van der Waals surface area contributed by atoms with Crippen molar-refractivity contribution in [3.05, 3.63) is 58.2 Å². The summed E-state index contributed by atoms with van der Waals surface area (Å²) < 4.78 is 2.42. The van der Waals surface area contributed by atoms with Gasteiger partial charge in [0.25, 0.3) is 0 Å². The quantitative estimate of drug-likeness (QED) is 0.680. The van der Waals surface area contributed by atoms with Crippen molar-refractivity contribution in [3.8, 4) is 11.1 Å². The maximum atomic E-state index is 6.43. The summed E-state index contributed by atoms with van der Waals surface area (Å²) in [4.78, 5) is 0. The Hall–Kier alpha value is -1.48. The largest absolute Gasteiger partial charge is 0.343 e. The van der Waals surface area contributed by atoms with Crippen LogP contribution in [0.3, 0.4) is 0 Å². The Morgan fingerprint density at radius 2 is 1.86 bits per heavy atom. The van der Waals surface area contributed by atoms with Gasteiger partial charge in [0.1, 0.15) is 0 Å². The van der Waals surface area contributed by atoms with E-state index in [4.69, 9.17) is 23.2 Å². The lowest BCUT2D eigenvalue weighted by Gasteiger charge is -2.12. The van der Waals surface area contributed by atoms with Crippen molar-refractivity contribution in [1.29, 1.82) is 0 Å². The maximum absolute atomic E-state index is 6.43. The fourth-order valence-corrected chi connectivity index (χ4v) is 3.69. The predicted molar refractivity (Wildman–Crippen MR) is 94.0 cm³/mol. The molecule has 0 saturated heterocycles. The maximum Gasteiger partial charge on any atom is 0.0563 e. The van der Waals surface area contributed by atoms with E-state index in [1.165, 1.54) is 16.6 Å². The third kappa shape index (κ3) is 2.32. The first kappa shape index (κ1) is 14.1. The molecular formula is C18H16Cl2N2. The first-order chi connectivity index (χ1) is 10.7. The van der Waals surface area contributed by atoms with Gasteiger partial charge in [-0.15, -0.1) is 0 Å². The number of hydrogen-bond acceptors (Lipinski definition) is 1. The van der Waals surface area contributed by atoms with Gasteiger partial charge in [-0.2, -0.15) is 0 Å². The second-order valence-corrected chi connectivity index (χ2v) is 6.50. The van der Waals surface area contributed by atoms with Gasteiger partial charge in [0.15, 0.2) is 0 Å². The van der Waals surface area contributed by atoms with E-state index in [-0.39, 0.29) is 0 Å². The molecule has 112 valence electrons. The van der Waals surface area contributed by atoms with Gasteiger partial charge in [-0.1, -0.05) is 41.4 Å². The second-order valence-electron chi connectivity index (χ2n) is 5.65. The summed E-state index contributed by atoms with van der Waals surface area (Å²) in [5.74, 6) is 0. The summed E-state index contributed by atoms with van der Waals surface area (Å²) >= 11 is 12.6. The Morgan fingerprint density at radius 1 is 0.955 bits per heavy atom. The molecule has 0 saturated carbocycles. The van der Waals surface area contributed by atoms with Crippen LogP contribution in [0.5, 0.6) is 0 Å². The minimum Gasteiger partial charge on any atom is -0.343 e. The van der Waals surface area contributed by atoms with Crippen LogP contribution in [0, 0.1) is 0 Å². The van der Waals surface area contributed by atoms with Gasteiger partial charge in [0, 0.05) is 58.3 Å². The van der Waals surface area contributed by atoms with Crippen LogP contribution in [0.1, 0.15) is 5.69 Å². The third-order valence-electron chi connectivity index (χ3n) is 4.29. The Kier molecular flexibility index (Phi) is 3.61. The molecule has 0 radical (unpaired) electrons. The van der Waals surface area contributed by atoms with Gasteiger partial charge in [0.2, 0.25) is 0 Å². The second kappa shape index (κ2) is 5.62. The first-order valence-corrected chi connectivity index (χ1v) is 8.27. The molecule has 0 unspecified atom stereocenters. The van der Waals surface area contributed by atoms with Gasteiger partial charge >= 0.3 is 0 Å². The van der Waals surface area contributed by atoms with Gasteiger partial charge in [-0.25, -0.2) is 0 Å². The van der Waals surface area contributed by atoms with E-state index in [1.807, 2.05) is 18.2 Å². The average Bonchev–Trinajstić information content (AvgIpc) is 2.72. The van der Waals surface area contributed by atoms with Gasteiger partial charge in [-0.05, 0) is 24.3 Å². The molecule has 0 amide bonds. The number of halogens is 2. The highest BCUT2D eigenvalue weighted by Gasteiger charge is 2.16. The summed E-state index contributed by atoms with van der Waals surface area (Å²) in [6, 6.07) is 14.3. The Labute approximate surface area is 139 Å². The van der Waals surface area contributed by atoms with Gasteiger partial charge in [0.05, 0.1) is 5.52 Å². The highest BCUT2D eigenvalue weighted by Crippen LogP contribution is 2.36. The van der Waals surface area contributed by atoms with Crippen molar-refractivity contribution >= 4 is 34.1 Å². The monoisotopic (exact) mass is 330 g/mol. The van der Waals surface area contributed by atoms with Crippen molar-refractivity contribution in [2.75, 3.05) is 13.1 Å². The molecule has 0 fully saturated rings. The van der Waals surface area contributed by atoms with Gasteiger partial charge in [-0.3, -0.25) is 0 Å². The highest BCUT2D eigenvalue weighted by atomic mass is 35.5. The van der Waals surface area contributed by atoms with Crippen LogP contribution in [0.25, 0.3) is 22.0 Å². The number of fused-ring (bicyclic) bond motifs is 3. The van der Waals surface area contributed by atoms with Crippen molar-refractivity contribution in [1.82, 2.24) is 9.88 Å². The van der Waals surface area contributed by atoms with Crippen LogP contribution < -0.4 is 5.32 Å². The van der Waals surface area contributed by atoms with E-state index in [0.717, 1.165) is 42.2 Å².